The van der Waals surface area contributed by atoms with Gasteiger partial charge in [-0.3, -0.25) is 9.59 Å². The Hall–Kier alpha value is -3.66. The van der Waals surface area contributed by atoms with E-state index < -0.39 is 0 Å². The van der Waals surface area contributed by atoms with Crippen LogP contribution in [0.1, 0.15) is 163 Å². The van der Waals surface area contributed by atoms with Crippen molar-refractivity contribution in [1.29, 1.82) is 0 Å². The molecule has 7 rings (SSSR count). The number of carbonyl (C=O) groups excluding carboxylic acids is 2. The molecule has 0 fully saturated rings. The van der Waals surface area contributed by atoms with Crippen molar-refractivity contribution >= 4 is 66.3 Å². The van der Waals surface area contributed by atoms with Crippen molar-refractivity contribution in [2.24, 2.45) is 0 Å². The number of rotatable bonds is 22. The van der Waals surface area contributed by atoms with Gasteiger partial charge in [0.1, 0.15) is 0 Å². The van der Waals surface area contributed by atoms with E-state index in [-0.39, 0.29) is 11.8 Å². The number of amides is 2. The normalized spacial score (nSPS) is 14.0. The monoisotopic (exact) mass is 670 g/mol. The summed E-state index contributed by atoms with van der Waals surface area (Å²) >= 11 is 0. The zero-order chi connectivity index (χ0) is 34.5. The average molecular weight is 671 g/mol. The second-order valence-electron chi connectivity index (χ2n) is 15.4. The third kappa shape index (κ3) is 6.60. The third-order valence-corrected chi connectivity index (χ3v) is 11.9. The lowest BCUT2D eigenvalue weighted by Crippen LogP contribution is -2.27. The second kappa shape index (κ2) is 16.1. The Bertz CT molecular complexity index is 1800. The van der Waals surface area contributed by atoms with Gasteiger partial charge in [-0.2, -0.15) is 0 Å². The quantitative estimate of drug-likeness (QED) is 0.0418. The third-order valence-electron chi connectivity index (χ3n) is 11.9. The Kier molecular flexibility index (Phi) is 11.2. The summed E-state index contributed by atoms with van der Waals surface area (Å²) in [5.41, 5.74) is 3.80. The van der Waals surface area contributed by atoms with E-state index in [1.807, 2.05) is 9.80 Å². The van der Waals surface area contributed by atoms with E-state index in [4.69, 9.17) is 0 Å². The molecule has 2 aliphatic rings. The highest BCUT2D eigenvalue weighted by Gasteiger charge is 2.34. The highest BCUT2D eigenvalue weighted by molar-refractivity contribution is 6.42. The van der Waals surface area contributed by atoms with Crippen LogP contribution in [0.15, 0.2) is 48.5 Å². The molecule has 2 aliphatic heterocycles. The first-order valence-corrected chi connectivity index (χ1v) is 20.5. The molecule has 2 amide bonds. The molecule has 0 saturated carbocycles. The van der Waals surface area contributed by atoms with Gasteiger partial charge >= 0.3 is 0 Å². The summed E-state index contributed by atoms with van der Waals surface area (Å²) in [5.74, 6) is 0.291. The van der Waals surface area contributed by atoms with Gasteiger partial charge < -0.3 is 9.80 Å². The molecule has 0 unspecified atom stereocenters. The first-order chi connectivity index (χ1) is 24.7. The summed E-state index contributed by atoms with van der Waals surface area (Å²) in [6.45, 7) is 6.11. The van der Waals surface area contributed by atoms with Crippen LogP contribution in [-0.4, -0.2) is 24.9 Å². The molecule has 264 valence electrons. The van der Waals surface area contributed by atoms with Crippen LogP contribution < -0.4 is 9.80 Å². The molecule has 50 heavy (non-hydrogen) atoms. The highest BCUT2D eigenvalue weighted by Crippen LogP contribution is 2.50. The Balaban J connectivity index is 1.06. The second-order valence-corrected chi connectivity index (χ2v) is 15.4. The van der Waals surface area contributed by atoms with Crippen molar-refractivity contribution in [2.75, 3.05) is 22.9 Å². The van der Waals surface area contributed by atoms with Gasteiger partial charge in [0.15, 0.2) is 0 Å². The Labute approximate surface area is 299 Å². The Morgan fingerprint density at radius 3 is 1.00 bits per heavy atom. The molecule has 0 bridgehead atoms. The molecule has 4 nitrogen and oxygen atoms in total. The summed E-state index contributed by atoms with van der Waals surface area (Å²) in [7, 11) is 0. The molecule has 0 saturated heterocycles. The van der Waals surface area contributed by atoms with Crippen molar-refractivity contribution < 1.29 is 9.59 Å². The first kappa shape index (κ1) is 34.8. The van der Waals surface area contributed by atoms with Crippen LogP contribution in [0.4, 0.5) is 11.4 Å². The molecule has 4 heteroatoms. The van der Waals surface area contributed by atoms with Gasteiger partial charge in [-0.25, -0.2) is 0 Å². The van der Waals surface area contributed by atoms with Crippen LogP contribution in [0.25, 0.3) is 43.1 Å². The number of fused-ring (bicyclic) bond motifs is 2. The van der Waals surface area contributed by atoms with Gasteiger partial charge in [0, 0.05) is 45.8 Å². The summed E-state index contributed by atoms with van der Waals surface area (Å²) in [5, 5.41) is 9.35. The maximum absolute atomic E-state index is 13.8. The zero-order valence-electron chi connectivity index (χ0n) is 30.9. The predicted octanol–water partition coefficient (Wildman–Crippen LogP) is 13.5. The van der Waals surface area contributed by atoms with E-state index in [9.17, 15) is 9.59 Å². The fourth-order valence-corrected chi connectivity index (χ4v) is 9.13. The van der Waals surface area contributed by atoms with E-state index in [0.29, 0.717) is 0 Å². The molecule has 0 aliphatic carbocycles. The van der Waals surface area contributed by atoms with Crippen LogP contribution in [0.3, 0.4) is 0 Å². The van der Waals surface area contributed by atoms with Gasteiger partial charge in [0.05, 0.1) is 11.4 Å². The largest absolute Gasteiger partial charge is 0.308 e. The van der Waals surface area contributed by atoms with Gasteiger partial charge in [0.25, 0.3) is 11.8 Å². The fourth-order valence-electron chi connectivity index (χ4n) is 9.13. The molecule has 0 aromatic heterocycles. The smallest absolute Gasteiger partial charge is 0.258 e. The minimum Gasteiger partial charge on any atom is -0.308 e. The maximum atomic E-state index is 13.8. The van der Waals surface area contributed by atoms with Crippen LogP contribution in [0.2, 0.25) is 0 Å². The van der Waals surface area contributed by atoms with Crippen LogP contribution in [0.5, 0.6) is 0 Å². The highest BCUT2D eigenvalue weighted by atomic mass is 16.2. The summed E-state index contributed by atoms with van der Waals surface area (Å²) < 4.78 is 0. The molecule has 2 heterocycles. The van der Waals surface area contributed by atoms with Crippen molar-refractivity contribution in [3.63, 3.8) is 0 Å². The van der Waals surface area contributed by atoms with Gasteiger partial charge in [-0.15, -0.1) is 0 Å². The molecular weight excluding hydrogens is 613 g/mol. The lowest BCUT2D eigenvalue weighted by Gasteiger charge is -2.19. The van der Waals surface area contributed by atoms with Crippen molar-refractivity contribution in [2.45, 2.75) is 142 Å². The Morgan fingerprint density at radius 2 is 0.660 bits per heavy atom. The molecule has 0 atom stereocenters. The number of hydrogen-bond acceptors (Lipinski definition) is 2. The number of benzene rings is 5. The Morgan fingerprint density at radius 1 is 0.360 bits per heavy atom. The standard InChI is InChI=1S/C46H58N2O2/c1-3-5-7-9-11-13-15-17-19-21-31-47-39-29-27-35-34-24-26-38-44-40(48(46(38)50)32-22-20-18-16-14-12-10-8-6-4-2)30-28-36(42(34)44)33-23-25-37(45(47)49)43(39)41(33)35/h23-30H,3-22,31-32H2,1-2H3. The van der Waals surface area contributed by atoms with E-state index >= 15 is 0 Å². The fraction of sp³-hybridized carbons (Fsp3) is 0.522. The SMILES string of the molecule is CCCCCCCCCCCCN1C(=O)c2ccc3c4ccc5c6c(ccc(c7ccc1c2c37)c64)C(=O)N5CCCCCCCCCCCC. The molecule has 5 aromatic rings. The van der Waals surface area contributed by atoms with E-state index in [1.165, 1.54) is 148 Å². The minimum atomic E-state index is 0.146. The number of hydrogen-bond donors (Lipinski definition) is 0. The minimum absolute atomic E-state index is 0.146. The lowest BCUT2D eigenvalue weighted by atomic mass is 9.87. The van der Waals surface area contributed by atoms with E-state index in [2.05, 4.69) is 62.4 Å². The van der Waals surface area contributed by atoms with E-state index in [1.54, 1.807) is 0 Å². The molecule has 5 aromatic carbocycles. The van der Waals surface area contributed by atoms with Gasteiger partial charge in [0.2, 0.25) is 0 Å². The van der Waals surface area contributed by atoms with Crippen LogP contribution in [-0.2, 0) is 0 Å². The van der Waals surface area contributed by atoms with Crippen LogP contribution >= 0.6 is 0 Å². The summed E-state index contributed by atoms with van der Waals surface area (Å²) in [4.78, 5) is 31.7. The predicted molar refractivity (Wildman–Crippen MR) is 215 cm³/mol. The summed E-state index contributed by atoms with van der Waals surface area (Å²) in [6.07, 6.45) is 25.8. The van der Waals surface area contributed by atoms with Crippen molar-refractivity contribution in [1.82, 2.24) is 0 Å². The number of anilines is 2. The van der Waals surface area contributed by atoms with Crippen molar-refractivity contribution in [3.8, 4) is 0 Å². The number of unbranched alkanes of at least 4 members (excludes halogenated alkanes) is 18. The van der Waals surface area contributed by atoms with Gasteiger partial charge in [-0.05, 0) is 58.7 Å². The first-order valence-electron chi connectivity index (χ1n) is 20.5. The topological polar surface area (TPSA) is 40.6 Å². The summed E-state index contributed by atoms with van der Waals surface area (Å²) in [6, 6.07) is 17.3. The van der Waals surface area contributed by atoms with Crippen molar-refractivity contribution in [3.05, 3.63) is 59.7 Å². The number of carbonyl (C=O) groups is 2. The average Bonchev–Trinajstić information content (AvgIpc) is 3.58. The lowest BCUT2D eigenvalue weighted by molar-refractivity contribution is 0.0985. The molecular formula is C46H58N2O2. The zero-order valence-corrected chi connectivity index (χ0v) is 30.9. The molecule has 0 spiro atoms. The van der Waals surface area contributed by atoms with E-state index in [0.717, 1.165) is 59.2 Å². The molecule has 0 N–H and O–H groups in total. The van der Waals surface area contributed by atoms with Crippen LogP contribution in [0, 0.1) is 0 Å². The molecule has 0 radical (unpaired) electrons. The maximum Gasteiger partial charge on any atom is 0.258 e. The number of nitrogens with zero attached hydrogens (tertiary/aromatic N) is 2. The van der Waals surface area contributed by atoms with Gasteiger partial charge in [-0.1, -0.05) is 154 Å².